The summed E-state index contributed by atoms with van der Waals surface area (Å²) >= 11 is 0. The molecule has 4 nitrogen and oxygen atoms in total. The van der Waals surface area contributed by atoms with Crippen molar-refractivity contribution in [3.63, 3.8) is 0 Å². The highest BCUT2D eigenvalue weighted by molar-refractivity contribution is 7.86. The Hall–Kier alpha value is -0.910. The molecule has 182 valence electrons. The average Bonchev–Trinajstić information content (AvgIpc) is 2.72. The average molecular weight is 456 g/mol. The Kier molecular flexibility index (Phi) is 19.2. The van der Waals surface area contributed by atoms with Gasteiger partial charge >= 0.3 is 0 Å². The molecule has 0 spiro atoms. The fraction of sp³-hybridized carbons (Fsp3) is 0.769. The molecule has 0 radical (unpaired) electrons. The lowest BCUT2D eigenvalue weighted by Crippen LogP contribution is -2.12. The maximum absolute atomic E-state index is 11.7. The Morgan fingerprint density at radius 1 is 0.645 bits per heavy atom. The first kappa shape index (κ1) is 30.1. The van der Waals surface area contributed by atoms with Crippen molar-refractivity contribution in [2.24, 2.45) is 0 Å². The van der Waals surface area contributed by atoms with Gasteiger partial charge in [0.2, 0.25) is 0 Å². The molecule has 1 aromatic rings. The Morgan fingerprint density at radius 2 is 1.00 bits per heavy atom. The minimum atomic E-state index is -4.04. The van der Waals surface area contributed by atoms with E-state index in [1.807, 2.05) is 18.2 Å². The molecule has 0 aliphatic heterocycles. The second-order valence-corrected chi connectivity index (χ2v) is 10.5. The summed E-state index contributed by atoms with van der Waals surface area (Å²) in [4.78, 5) is 0. The van der Waals surface area contributed by atoms with E-state index in [2.05, 4.69) is 6.92 Å². The lowest BCUT2D eigenvalue weighted by Gasteiger charge is -2.14. The summed E-state index contributed by atoms with van der Waals surface area (Å²) in [5.41, 5.74) is 0.691. The second-order valence-electron chi connectivity index (χ2n) is 8.86. The number of unbranched alkanes of at least 4 members (excludes halogenated alkanes) is 16. The minimum absolute atomic E-state index is 0. The van der Waals surface area contributed by atoms with Crippen LogP contribution in [0.4, 0.5) is 0 Å². The van der Waals surface area contributed by atoms with Gasteiger partial charge in [0.1, 0.15) is 5.25 Å². The molecule has 0 heterocycles. The predicted octanol–water partition coefficient (Wildman–Crippen LogP) is 8.82. The maximum atomic E-state index is 11.7. The molecule has 4 N–H and O–H groups in total. The van der Waals surface area contributed by atoms with Gasteiger partial charge in [-0.3, -0.25) is 4.55 Å². The summed E-state index contributed by atoms with van der Waals surface area (Å²) < 4.78 is 32.9. The van der Waals surface area contributed by atoms with Gasteiger partial charge in [-0.2, -0.15) is 8.42 Å². The van der Waals surface area contributed by atoms with Gasteiger partial charge in [-0.15, -0.1) is 0 Å². The number of hydrogen-bond acceptors (Lipinski definition) is 3. The summed E-state index contributed by atoms with van der Waals surface area (Å²) in [5, 5.41) is -0.782. The zero-order valence-corrected chi connectivity index (χ0v) is 20.9. The molecule has 0 saturated heterocycles. The fourth-order valence-electron chi connectivity index (χ4n) is 4.21. The van der Waals surface area contributed by atoms with Gasteiger partial charge < -0.3 is 6.15 Å². The number of benzene rings is 1. The van der Waals surface area contributed by atoms with E-state index in [-0.39, 0.29) is 6.15 Å². The van der Waals surface area contributed by atoms with Gasteiger partial charge in [-0.05, 0) is 12.0 Å². The monoisotopic (exact) mass is 455 g/mol. The smallest absolute Gasteiger partial charge is 0.271 e. The highest BCUT2D eigenvalue weighted by Gasteiger charge is 2.24. The third kappa shape index (κ3) is 16.4. The van der Waals surface area contributed by atoms with E-state index < -0.39 is 15.4 Å². The molecule has 0 fully saturated rings. The number of rotatable bonds is 20. The topological polar surface area (TPSA) is 89.4 Å². The molecule has 0 aliphatic rings. The molecular formula is C26H49NO3S. The van der Waals surface area contributed by atoms with Crippen molar-refractivity contribution in [3.8, 4) is 0 Å². The summed E-state index contributed by atoms with van der Waals surface area (Å²) in [6, 6.07) is 9.07. The zero-order valence-electron chi connectivity index (χ0n) is 20.1. The Labute approximate surface area is 192 Å². The molecule has 1 unspecified atom stereocenters. The SMILES string of the molecule is CCCCCCCCCCCCCCCCCCCC(c1ccccc1)S(=O)(=O)O.N. The van der Waals surface area contributed by atoms with Crippen molar-refractivity contribution in [3.05, 3.63) is 35.9 Å². The van der Waals surface area contributed by atoms with Crippen molar-refractivity contribution >= 4 is 10.1 Å². The van der Waals surface area contributed by atoms with E-state index in [1.165, 1.54) is 89.9 Å². The molecular weight excluding hydrogens is 406 g/mol. The van der Waals surface area contributed by atoms with Crippen LogP contribution in [0.15, 0.2) is 30.3 Å². The van der Waals surface area contributed by atoms with E-state index >= 15 is 0 Å². The summed E-state index contributed by atoms with van der Waals surface area (Å²) in [6.45, 7) is 2.27. The first-order valence-corrected chi connectivity index (χ1v) is 14.1. The van der Waals surface area contributed by atoms with Crippen LogP contribution in [-0.4, -0.2) is 13.0 Å². The van der Waals surface area contributed by atoms with Crippen LogP contribution in [0.2, 0.25) is 0 Å². The van der Waals surface area contributed by atoms with E-state index in [4.69, 9.17) is 0 Å². The first-order valence-electron chi connectivity index (χ1n) is 12.6. The van der Waals surface area contributed by atoms with E-state index in [1.54, 1.807) is 12.1 Å². The fourth-order valence-corrected chi connectivity index (χ4v) is 5.18. The summed E-state index contributed by atoms with van der Waals surface area (Å²) in [5.74, 6) is 0. The van der Waals surface area contributed by atoms with Crippen LogP contribution in [0, 0.1) is 0 Å². The third-order valence-corrected chi connectivity index (χ3v) is 7.33. The molecule has 1 rings (SSSR count). The normalized spacial score (nSPS) is 12.5. The van der Waals surface area contributed by atoms with E-state index in [0.717, 1.165) is 19.3 Å². The Balaban J connectivity index is 0.00000900. The minimum Gasteiger partial charge on any atom is -0.344 e. The van der Waals surface area contributed by atoms with Gasteiger partial charge in [0.25, 0.3) is 10.1 Å². The van der Waals surface area contributed by atoms with Crippen molar-refractivity contribution in [1.82, 2.24) is 6.15 Å². The molecule has 0 saturated carbocycles. The van der Waals surface area contributed by atoms with Gasteiger partial charge in [0.15, 0.2) is 0 Å². The van der Waals surface area contributed by atoms with E-state index in [9.17, 15) is 13.0 Å². The largest absolute Gasteiger partial charge is 0.344 e. The van der Waals surface area contributed by atoms with Crippen molar-refractivity contribution in [1.29, 1.82) is 0 Å². The lowest BCUT2D eigenvalue weighted by atomic mass is 10.0. The molecule has 5 heteroatoms. The van der Waals surface area contributed by atoms with Gasteiger partial charge in [-0.25, -0.2) is 0 Å². The molecule has 31 heavy (non-hydrogen) atoms. The molecule has 0 aliphatic carbocycles. The van der Waals surface area contributed by atoms with Crippen LogP contribution in [-0.2, 0) is 10.1 Å². The third-order valence-electron chi connectivity index (χ3n) is 6.10. The van der Waals surface area contributed by atoms with Crippen LogP contribution in [0.1, 0.15) is 133 Å². The van der Waals surface area contributed by atoms with Crippen LogP contribution >= 0.6 is 0 Å². The van der Waals surface area contributed by atoms with Gasteiger partial charge in [0, 0.05) is 0 Å². The molecule has 0 aromatic heterocycles. The van der Waals surface area contributed by atoms with Crippen molar-refractivity contribution in [2.75, 3.05) is 0 Å². The second kappa shape index (κ2) is 19.8. The van der Waals surface area contributed by atoms with E-state index in [0.29, 0.717) is 12.0 Å². The standard InChI is InChI=1S/C26H46O3S.H3N/c1-2-3-4-5-6-7-8-9-10-11-12-13-14-15-16-17-21-24-26(30(27,28)29)25-22-19-18-20-23-25;/h18-20,22-23,26H,2-17,21,24H2,1H3,(H,27,28,29);1H3. The van der Waals surface area contributed by atoms with Crippen molar-refractivity contribution < 1.29 is 13.0 Å². The predicted molar refractivity (Wildman–Crippen MR) is 135 cm³/mol. The first-order chi connectivity index (χ1) is 14.6. The van der Waals surface area contributed by atoms with Crippen LogP contribution in [0.5, 0.6) is 0 Å². The van der Waals surface area contributed by atoms with Crippen molar-refractivity contribution in [2.45, 2.75) is 128 Å². The summed E-state index contributed by atoms with van der Waals surface area (Å²) in [6.07, 6.45) is 22.8. The Bertz CT molecular complexity index is 604. The maximum Gasteiger partial charge on any atom is 0.271 e. The Morgan fingerprint density at radius 3 is 1.35 bits per heavy atom. The number of hydrogen-bond donors (Lipinski definition) is 2. The molecule has 0 amide bonds. The molecule has 1 aromatic carbocycles. The quantitative estimate of drug-likeness (QED) is 0.152. The zero-order chi connectivity index (χ0) is 21.9. The van der Waals surface area contributed by atoms with Gasteiger partial charge in [0.05, 0.1) is 0 Å². The summed E-state index contributed by atoms with van der Waals surface area (Å²) in [7, 11) is -4.04. The highest BCUT2D eigenvalue weighted by atomic mass is 32.2. The van der Waals surface area contributed by atoms with Crippen LogP contribution < -0.4 is 6.15 Å². The molecule has 1 atom stereocenters. The lowest BCUT2D eigenvalue weighted by molar-refractivity contribution is 0.458. The highest BCUT2D eigenvalue weighted by Crippen LogP contribution is 2.27. The van der Waals surface area contributed by atoms with Gasteiger partial charge in [-0.1, -0.05) is 146 Å². The van der Waals surface area contributed by atoms with Crippen LogP contribution in [0.25, 0.3) is 0 Å². The van der Waals surface area contributed by atoms with Crippen LogP contribution in [0.3, 0.4) is 0 Å². The molecule has 0 bridgehead atoms.